The average molecular weight is 430 g/mol. The van der Waals surface area contributed by atoms with E-state index in [0.29, 0.717) is 6.04 Å². The van der Waals surface area contributed by atoms with Gasteiger partial charge >= 0.3 is 0 Å². The lowest BCUT2D eigenvalue weighted by Crippen LogP contribution is -2.45. The topological polar surface area (TPSA) is 52.1 Å². The summed E-state index contributed by atoms with van der Waals surface area (Å²) in [4.78, 5) is 10.7. The molecule has 1 aromatic carbocycles. The normalized spacial score (nSPS) is 17.2. The standard InChI is InChI=1S/C23H35N5OS/c1-24-23(25-16-19(27(2)3)18-10-5-6-11-21(18)29-4)26-17-20(22-12-9-15-30-22)28-13-7-8-14-28/h5-6,9-12,15,19-20H,7-8,13-14,16-17H2,1-4H3,(H2,24,25,26). The molecular formula is C23H35N5OS. The van der Waals surface area contributed by atoms with E-state index in [1.807, 2.05) is 30.5 Å². The summed E-state index contributed by atoms with van der Waals surface area (Å²) in [6.07, 6.45) is 2.58. The number of nitrogens with zero attached hydrogens (tertiary/aromatic N) is 3. The highest BCUT2D eigenvalue weighted by molar-refractivity contribution is 7.10. The van der Waals surface area contributed by atoms with Crippen LogP contribution in [0.1, 0.15) is 35.4 Å². The van der Waals surface area contributed by atoms with Crippen LogP contribution in [-0.4, -0.2) is 70.2 Å². The van der Waals surface area contributed by atoms with Gasteiger partial charge in [-0.05, 0) is 57.5 Å². The van der Waals surface area contributed by atoms with E-state index in [0.717, 1.165) is 24.8 Å². The number of nitrogens with one attached hydrogen (secondary N) is 2. The maximum atomic E-state index is 5.58. The number of hydrogen-bond acceptors (Lipinski definition) is 5. The van der Waals surface area contributed by atoms with Gasteiger partial charge in [-0.15, -0.1) is 11.3 Å². The van der Waals surface area contributed by atoms with Crippen LogP contribution in [0.25, 0.3) is 0 Å². The molecule has 1 aliphatic rings. The molecule has 0 radical (unpaired) electrons. The molecule has 0 bridgehead atoms. The van der Waals surface area contributed by atoms with Crippen LogP contribution in [-0.2, 0) is 0 Å². The lowest BCUT2D eigenvalue weighted by atomic mass is 10.0. The largest absolute Gasteiger partial charge is 0.496 e. The molecule has 2 heterocycles. The van der Waals surface area contributed by atoms with Crippen molar-refractivity contribution in [3.63, 3.8) is 0 Å². The Labute approximate surface area is 184 Å². The zero-order valence-corrected chi connectivity index (χ0v) is 19.4. The van der Waals surface area contributed by atoms with Crippen LogP contribution in [0.4, 0.5) is 0 Å². The van der Waals surface area contributed by atoms with Gasteiger partial charge in [-0.1, -0.05) is 24.3 Å². The summed E-state index contributed by atoms with van der Waals surface area (Å²) >= 11 is 1.84. The molecule has 1 aliphatic heterocycles. The Morgan fingerprint density at radius 2 is 1.87 bits per heavy atom. The third-order valence-corrected chi connectivity index (χ3v) is 6.70. The van der Waals surface area contributed by atoms with E-state index >= 15 is 0 Å². The second kappa shape index (κ2) is 11.3. The molecule has 164 valence electrons. The Morgan fingerprint density at radius 1 is 1.13 bits per heavy atom. The predicted octanol–water partition coefficient (Wildman–Crippen LogP) is 3.36. The molecule has 7 heteroatoms. The first-order valence-corrected chi connectivity index (χ1v) is 11.5. The maximum absolute atomic E-state index is 5.58. The van der Waals surface area contributed by atoms with Gasteiger partial charge in [-0.2, -0.15) is 0 Å². The first kappa shape index (κ1) is 22.6. The van der Waals surface area contributed by atoms with Gasteiger partial charge in [0.25, 0.3) is 0 Å². The van der Waals surface area contributed by atoms with Crippen molar-refractivity contribution in [1.29, 1.82) is 0 Å². The fraction of sp³-hybridized carbons (Fsp3) is 0.522. The number of ether oxygens (including phenoxy) is 1. The second-order valence-electron chi connectivity index (χ2n) is 7.83. The maximum Gasteiger partial charge on any atom is 0.191 e. The summed E-state index contributed by atoms with van der Waals surface area (Å²) in [6, 6.07) is 13.2. The van der Waals surface area contributed by atoms with E-state index in [4.69, 9.17) is 4.74 Å². The number of methoxy groups -OCH3 is 1. The first-order chi connectivity index (χ1) is 14.6. The molecular weight excluding hydrogens is 394 g/mol. The Bertz CT molecular complexity index is 787. The van der Waals surface area contributed by atoms with Crippen LogP contribution < -0.4 is 15.4 Å². The minimum Gasteiger partial charge on any atom is -0.496 e. The van der Waals surface area contributed by atoms with Crippen molar-refractivity contribution in [2.45, 2.75) is 24.9 Å². The molecule has 3 rings (SSSR count). The molecule has 0 amide bonds. The molecule has 2 atom stereocenters. The summed E-state index contributed by atoms with van der Waals surface area (Å²) in [5.74, 6) is 1.74. The van der Waals surface area contributed by atoms with Crippen molar-refractivity contribution < 1.29 is 4.74 Å². The molecule has 2 unspecified atom stereocenters. The third-order valence-electron chi connectivity index (χ3n) is 5.72. The Hall–Kier alpha value is -2.09. The number of benzene rings is 1. The molecule has 30 heavy (non-hydrogen) atoms. The predicted molar refractivity (Wildman–Crippen MR) is 127 cm³/mol. The number of aliphatic imine (C=N–C) groups is 1. The number of rotatable bonds is 9. The van der Waals surface area contributed by atoms with Crippen LogP contribution in [0.2, 0.25) is 0 Å². The van der Waals surface area contributed by atoms with Crippen molar-refractivity contribution in [3.05, 3.63) is 52.2 Å². The zero-order chi connectivity index (χ0) is 21.3. The molecule has 2 aromatic rings. The fourth-order valence-electron chi connectivity index (χ4n) is 4.06. The zero-order valence-electron chi connectivity index (χ0n) is 18.6. The van der Waals surface area contributed by atoms with E-state index in [-0.39, 0.29) is 6.04 Å². The Kier molecular flexibility index (Phi) is 8.54. The van der Waals surface area contributed by atoms with Crippen molar-refractivity contribution >= 4 is 17.3 Å². The lowest BCUT2D eigenvalue weighted by molar-refractivity contribution is 0.248. The van der Waals surface area contributed by atoms with E-state index < -0.39 is 0 Å². The van der Waals surface area contributed by atoms with Crippen LogP contribution >= 0.6 is 11.3 Å². The van der Waals surface area contributed by atoms with Crippen LogP contribution in [0.15, 0.2) is 46.8 Å². The van der Waals surface area contributed by atoms with Gasteiger partial charge in [0.2, 0.25) is 0 Å². The number of likely N-dealkylation sites (tertiary alicyclic amines) is 1. The minimum absolute atomic E-state index is 0.173. The summed E-state index contributed by atoms with van der Waals surface area (Å²) in [5.41, 5.74) is 1.17. The summed E-state index contributed by atoms with van der Waals surface area (Å²) < 4.78 is 5.58. The van der Waals surface area contributed by atoms with E-state index in [2.05, 4.69) is 69.2 Å². The van der Waals surface area contributed by atoms with Crippen molar-refractivity contribution in [2.75, 3.05) is 54.4 Å². The molecule has 2 N–H and O–H groups in total. The first-order valence-electron chi connectivity index (χ1n) is 10.6. The fourth-order valence-corrected chi connectivity index (χ4v) is 4.92. The van der Waals surface area contributed by atoms with Gasteiger partial charge in [0, 0.05) is 30.6 Å². The summed E-state index contributed by atoms with van der Waals surface area (Å²) in [7, 11) is 7.74. The number of hydrogen-bond donors (Lipinski definition) is 2. The molecule has 6 nitrogen and oxygen atoms in total. The monoisotopic (exact) mass is 429 g/mol. The second-order valence-corrected chi connectivity index (χ2v) is 8.81. The van der Waals surface area contributed by atoms with Gasteiger partial charge in [0.15, 0.2) is 5.96 Å². The highest BCUT2D eigenvalue weighted by Crippen LogP contribution is 2.28. The van der Waals surface area contributed by atoms with Gasteiger partial charge < -0.3 is 20.3 Å². The van der Waals surface area contributed by atoms with Crippen molar-refractivity contribution in [1.82, 2.24) is 20.4 Å². The van der Waals surface area contributed by atoms with E-state index in [9.17, 15) is 0 Å². The van der Waals surface area contributed by atoms with Gasteiger partial charge in [0.05, 0.1) is 19.2 Å². The highest BCUT2D eigenvalue weighted by Gasteiger charge is 2.25. The quantitative estimate of drug-likeness (QED) is 0.473. The molecule has 1 saturated heterocycles. The third kappa shape index (κ3) is 5.74. The van der Waals surface area contributed by atoms with Crippen LogP contribution in [0.3, 0.4) is 0 Å². The molecule has 0 saturated carbocycles. The van der Waals surface area contributed by atoms with Crippen LogP contribution in [0.5, 0.6) is 5.75 Å². The number of para-hydroxylation sites is 1. The van der Waals surface area contributed by atoms with Gasteiger partial charge in [0.1, 0.15) is 5.75 Å². The van der Waals surface area contributed by atoms with Crippen LogP contribution in [0, 0.1) is 0 Å². The van der Waals surface area contributed by atoms with Gasteiger partial charge in [-0.3, -0.25) is 9.89 Å². The van der Waals surface area contributed by atoms with Gasteiger partial charge in [-0.25, -0.2) is 0 Å². The number of thiophene rings is 1. The summed E-state index contributed by atoms with van der Waals surface area (Å²) in [6.45, 7) is 3.93. The number of guanidine groups is 1. The summed E-state index contributed by atoms with van der Waals surface area (Å²) in [5, 5.41) is 9.25. The minimum atomic E-state index is 0.173. The highest BCUT2D eigenvalue weighted by atomic mass is 32.1. The Morgan fingerprint density at radius 3 is 2.50 bits per heavy atom. The average Bonchev–Trinajstić information content (AvgIpc) is 3.47. The Balaban J connectivity index is 1.63. The molecule has 1 aromatic heterocycles. The smallest absolute Gasteiger partial charge is 0.191 e. The van der Waals surface area contributed by atoms with Crippen molar-refractivity contribution in [2.24, 2.45) is 4.99 Å². The lowest BCUT2D eigenvalue weighted by Gasteiger charge is -2.29. The molecule has 0 aliphatic carbocycles. The van der Waals surface area contributed by atoms with Crippen molar-refractivity contribution in [3.8, 4) is 5.75 Å². The van der Waals surface area contributed by atoms with E-state index in [1.54, 1.807) is 7.11 Å². The molecule has 1 fully saturated rings. The SMILES string of the molecule is CN=C(NCC(c1ccccc1OC)N(C)C)NCC(c1cccs1)N1CCCC1. The van der Waals surface area contributed by atoms with E-state index in [1.165, 1.54) is 36.4 Å². The molecule has 0 spiro atoms. The number of likely N-dealkylation sites (N-methyl/N-ethyl adjacent to an activating group) is 1.